The Bertz CT molecular complexity index is 1100. The molecule has 4 nitrogen and oxygen atoms in total. The van der Waals surface area contributed by atoms with E-state index in [0.717, 1.165) is 42.4 Å². The Kier molecular flexibility index (Phi) is 5.96. The molecule has 1 aromatic carbocycles. The second kappa shape index (κ2) is 8.70. The quantitative estimate of drug-likeness (QED) is 0.580. The maximum atomic E-state index is 4.57. The van der Waals surface area contributed by atoms with Crippen LogP contribution in [0.1, 0.15) is 43.9 Å². The average molecular weight is 427 g/mol. The molecule has 4 rings (SSSR count). The van der Waals surface area contributed by atoms with Crippen molar-refractivity contribution in [2.75, 3.05) is 6.54 Å². The molecule has 1 aliphatic heterocycles. The van der Waals surface area contributed by atoms with Gasteiger partial charge in [0.05, 0.1) is 6.54 Å². The molecule has 1 unspecified atom stereocenters. The number of nitrogens with zero attached hydrogens (tertiary/aromatic N) is 1. The van der Waals surface area contributed by atoms with Crippen LogP contribution in [0, 0.1) is 12.3 Å². The summed E-state index contributed by atoms with van der Waals surface area (Å²) in [6.45, 7) is 17.9. The van der Waals surface area contributed by atoms with Crippen LogP contribution in [-0.4, -0.2) is 18.4 Å². The molecule has 1 aromatic rings. The highest BCUT2D eigenvalue weighted by Gasteiger charge is 2.21. The van der Waals surface area contributed by atoms with Gasteiger partial charge in [-0.05, 0) is 59.3 Å². The van der Waals surface area contributed by atoms with Gasteiger partial charge in [-0.3, -0.25) is 4.99 Å². The molecule has 1 atom stereocenters. The Hall–Kier alpha value is -3.27. The maximum absolute atomic E-state index is 4.57. The highest BCUT2D eigenvalue weighted by molar-refractivity contribution is 5.96. The van der Waals surface area contributed by atoms with Crippen molar-refractivity contribution in [1.29, 1.82) is 0 Å². The zero-order chi connectivity index (χ0) is 22.9. The van der Waals surface area contributed by atoms with Crippen LogP contribution in [-0.2, 0) is 6.42 Å². The fourth-order valence-corrected chi connectivity index (χ4v) is 4.10. The number of fused-ring (bicyclic) bond motifs is 1. The van der Waals surface area contributed by atoms with Crippen molar-refractivity contribution in [1.82, 2.24) is 16.0 Å². The van der Waals surface area contributed by atoms with Crippen molar-refractivity contribution < 1.29 is 0 Å². The van der Waals surface area contributed by atoms with Gasteiger partial charge in [-0.1, -0.05) is 69.8 Å². The molecule has 0 aromatic heterocycles. The molecule has 0 bridgehead atoms. The predicted molar refractivity (Wildman–Crippen MR) is 136 cm³/mol. The fraction of sp³-hybridized carbons (Fsp3) is 0.321. The van der Waals surface area contributed by atoms with Crippen LogP contribution in [0.5, 0.6) is 0 Å². The highest BCUT2D eigenvalue weighted by atomic mass is 15.1. The summed E-state index contributed by atoms with van der Waals surface area (Å²) in [5.41, 5.74) is 8.76. The van der Waals surface area contributed by atoms with E-state index in [0.29, 0.717) is 0 Å². The van der Waals surface area contributed by atoms with Crippen molar-refractivity contribution in [2.45, 2.75) is 46.6 Å². The van der Waals surface area contributed by atoms with Gasteiger partial charge in [0.1, 0.15) is 11.7 Å². The Morgan fingerprint density at radius 2 is 1.94 bits per heavy atom. The molecular formula is C28H34N4. The summed E-state index contributed by atoms with van der Waals surface area (Å²) in [6.07, 6.45) is 12.7. The van der Waals surface area contributed by atoms with Gasteiger partial charge in [0.2, 0.25) is 0 Å². The number of hydrogen-bond donors (Lipinski definition) is 3. The fourth-order valence-electron chi connectivity index (χ4n) is 4.10. The van der Waals surface area contributed by atoms with E-state index in [1.807, 2.05) is 0 Å². The minimum atomic E-state index is 0.138. The van der Waals surface area contributed by atoms with Crippen molar-refractivity contribution in [3.8, 4) is 0 Å². The number of benzene rings is 1. The number of aliphatic imine (C=N–C) groups is 1. The van der Waals surface area contributed by atoms with Crippen LogP contribution in [0.4, 0.5) is 0 Å². The van der Waals surface area contributed by atoms with Crippen LogP contribution in [0.15, 0.2) is 89.0 Å². The van der Waals surface area contributed by atoms with E-state index in [1.54, 1.807) is 0 Å². The number of nitrogens with one attached hydrogen (secondary N) is 3. The number of allylic oxidation sites excluding steroid dienone is 2. The lowest BCUT2D eigenvalue weighted by atomic mass is 9.87. The Labute approximate surface area is 192 Å². The van der Waals surface area contributed by atoms with Gasteiger partial charge >= 0.3 is 0 Å². The van der Waals surface area contributed by atoms with Gasteiger partial charge in [-0.25, -0.2) is 0 Å². The van der Waals surface area contributed by atoms with Crippen LogP contribution >= 0.6 is 0 Å². The van der Waals surface area contributed by atoms with Crippen LogP contribution in [0.25, 0.3) is 6.08 Å². The zero-order valence-electron chi connectivity index (χ0n) is 19.7. The Balaban J connectivity index is 1.25. The van der Waals surface area contributed by atoms with E-state index in [-0.39, 0.29) is 11.5 Å². The van der Waals surface area contributed by atoms with E-state index in [4.69, 9.17) is 0 Å². The van der Waals surface area contributed by atoms with E-state index in [9.17, 15) is 0 Å². The molecule has 0 amide bonds. The zero-order valence-corrected chi connectivity index (χ0v) is 19.7. The molecule has 0 saturated carbocycles. The monoisotopic (exact) mass is 426 g/mol. The first-order valence-corrected chi connectivity index (χ1v) is 11.3. The number of rotatable bonds is 6. The van der Waals surface area contributed by atoms with Gasteiger partial charge < -0.3 is 16.0 Å². The first-order valence-electron chi connectivity index (χ1n) is 11.3. The maximum Gasteiger partial charge on any atom is 0.126 e. The molecule has 0 radical (unpaired) electrons. The Morgan fingerprint density at radius 3 is 2.62 bits per heavy atom. The summed E-state index contributed by atoms with van der Waals surface area (Å²) >= 11 is 0. The van der Waals surface area contributed by atoms with E-state index < -0.39 is 0 Å². The van der Waals surface area contributed by atoms with E-state index in [2.05, 4.69) is 110 Å². The van der Waals surface area contributed by atoms with Gasteiger partial charge in [0.25, 0.3) is 0 Å². The minimum Gasteiger partial charge on any atom is -0.379 e. The lowest BCUT2D eigenvalue weighted by molar-refractivity contribution is 0.499. The predicted octanol–water partition coefficient (Wildman–Crippen LogP) is 5.29. The molecule has 1 heterocycles. The molecule has 0 spiro atoms. The molecule has 0 fully saturated rings. The third kappa shape index (κ3) is 5.13. The normalized spacial score (nSPS) is 19.4. The van der Waals surface area contributed by atoms with Gasteiger partial charge in [0, 0.05) is 23.9 Å². The average Bonchev–Trinajstić information content (AvgIpc) is 3.36. The third-order valence-electron chi connectivity index (χ3n) is 6.13. The first-order chi connectivity index (χ1) is 15.2. The topological polar surface area (TPSA) is 48.4 Å². The standard InChI is InChI=1S/C28H34N4/c1-18-7-8-21-14-22(15-23(21)13-18)19(2)30-25-9-11-26(12-10-25)31-20(3)32-27-16-24(17-29-27)28(4,5)6/h7-9,11-13,15-16,25,30-31H,2-3,10,14,17H2,1,4-6H3,(H,29,32). The largest absolute Gasteiger partial charge is 0.379 e. The first kappa shape index (κ1) is 21.9. The summed E-state index contributed by atoms with van der Waals surface area (Å²) in [7, 11) is 0. The molecule has 4 heteroatoms. The second-order valence-corrected chi connectivity index (χ2v) is 9.88. The van der Waals surface area contributed by atoms with Gasteiger partial charge in [-0.2, -0.15) is 0 Å². The van der Waals surface area contributed by atoms with Crippen LogP contribution in [0.2, 0.25) is 0 Å². The minimum absolute atomic E-state index is 0.138. The summed E-state index contributed by atoms with van der Waals surface area (Å²) in [4.78, 5) is 4.57. The summed E-state index contributed by atoms with van der Waals surface area (Å²) < 4.78 is 0. The summed E-state index contributed by atoms with van der Waals surface area (Å²) in [6, 6.07) is 6.88. The van der Waals surface area contributed by atoms with Crippen molar-refractivity contribution >= 4 is 11.9 Å². The SMILES string of the molecule is C=C(NC1=CCC(NC(=C)C2=Cc3cc(C)ccc3C2)C=C1)NC1=NCC(C(C)(C)C)=C1. The number of amidine groups is 1. The summed E-state index contributed by atoms with van der Waals surface area (Å²) in [5, 5.41) is 10.2. The van der Waals surface area contributed by atoms with Crippen LogP contribution in [0.3, 0.4) is 0 Å². The second-order valence-electron chi connectivity index (χ2n) is 9.88. The van der Waals surface area contributed by atoms with Gasteiger partial charge in [-0.15, -0.1) is 0 Å². The molecule has 166 valence electrons. The molecule has 32 heavy (non-hydrogen) atoms. The van der Waals surface area contributed by atoms with Gasteiger partial charge in [0.15, 0.2) is 0 Å². The van der Waals surface area contributed by atoms with Crippen molar-refractivity contribution in [3.63, 3.8) is 0 Å². The smallest absolute Gasteiger partial charge is 0.126 e. The van der Waals surface area contributed by atoms with E-state index >= 15 is 0 Å². The molecule has 2 aliphatic carbocycles. The molecule has 0 saturated heterocycles. The molecular weight excluding hydrogens is 392 g/mol. The number of hydrogen-bond acceptors (Lipinski definition) is 4. The van der Waals surface area contributed by atoms with Crippen molar-refractivity contribution in [3.05, 3.63) is 101 Å². The lowest BCUT2D eigenvalue weighted by Crippen LogP contribution is -2.31. The lowest BCUT2D eigenvalue weighted by Gasteiger charge is -2.22. The molecule has 3 N–H and O–H groups in total. The van der Waals surface area contributed by atoms with Crippen molar-refractivity contribution in [2.24, 2.45) is 10.4 Å². The molecule has 3 aliphatic rings. The van der Waals surface area contributed by atoms with E-state index in [1.165, 1.54) is 27.8 Å². The third-order valence-corrected chi connectivity index (χ3v) is 6.13. The Morgan fingerprint density at radius 1 is 1.12 bits per heavy atom. The highest BCUT2D eigenvalue weighted by Crippen LogP contribution is 2.29. The van der Waals surface area contributed by atoms with Crippen LogP contribution < -0.4 is 16.0 Å². The summed E-state index contributed by atoms with van der Waals surface area (Å²) in [5.74, 6) is 1.59. The number of aryl methyl sites for hydroxylation is 1.